The zero-order valence-corrected chi connectivity index (χ0v) is 12.0. The predicted molar refractivity (Wildman–Crippen MR) is 72.2 cm³/mol. The van der Waals surface area contributed by atoms with Gasteiger partial charge in [0.2, 0.25) is 0 Å². The Bertz CT molecular complexity index is 381. The van der Waals surface area contributed by atoms with E-state index in [1.54, 1.807) is 13.0 Å². The highest BCUT2D eigenvalue weighted by Gasteiger charge is 2.36. The maximum atomic E-state index is 12.4. The Labute approximate surface area is 118 Å². The van der Waals surface area contributed by atoms with Crippen LogP contribution < -0.4 is 0 Å². The summed E-state index contributed by atoms with van der Waals surface area (Å²) in [6, 6.07) is 0. The van der Waals surface area contributed by atoms with Gasteiger partial charge in [-0.05, 0) is 31.8 Å². The highest BCUT2D eigenvalue weighted by atomic mass is 19.4. The maximum absolute atomic E-state index is 12.4. The average Bonchev–Trinajstić information content (AvgIpc) is 2.35. The fraction of sp³-hybridized carbons (Fsp3) is 0.733. The highest BCUT2D eigenvalue weighted by Crippen LogP contribution is 2.30. The average molecular weight is 289 g/mol. The van der Waals surface area contributed by atoms with Crippen LogP contribution in [0.3, 0.4) is 0 Å². The zero-order valence-electron chi connectivity index (χ0n) is 12.0. The van der Waals surface area contributed by atoms with Gasteiger partial charge in [0.25, 0.3) is 0 Å². The van der Waals surface area contributed by atoms with Crippen LogP contribution in [0.15, 0.2) is 23.8 Å². The molecule has 2 nitrogen and oxygen atoms in total. The van der Waals surface area contributed by atoms with Crippen LogP contribution in [0, 0.1) is 11.8 Å². The molecule has 0 saturated carbocycles. The summed E-state index contributed by atoms with van der Waals surface area (Å²) in [5.74, 6) is 0.520. The van der Waals surface area contributed by atoms with Gasteiger partial charge >= 0.3 is 6.36 Å². The normalized spacial score (nSPS) is 29.6. The number of hydrogen-bond donors (Lipinski definition) is 0. The van der Waals surface area contributed by atoms with Crippen LogP contribution in [0.2, 0.25) is 0 Å². The van der Waals surface area contributed by atoms with Crippen LogP contribution in [0.1, 0.15) is 26.7 Å². The Morgan fingerprint density at radius 2 is 1.90 bits per heavy atom. The molecule has 1 heterocycles. The number of likely N-dealkylation sites (tertiary alicyclic amines) is 1. The first-order valence-corrected chi connectivity index (χ1v) is 7.19. The number of rotatable bonds is 3. The number of alkyl halides is 3. The van der Waals surface area contributed by atoms with Crippen LogP contribution in [0.25, 0.3) is 0 Å². The van der Waals surface area contributed by atoms with E-state index >= 15 is 0 Å². The standard InChI is InChI=1S/C15H22F3NO/c1-11-6-8-19(9-7-11)10-13-4-3-5-14(12(13)2)20-15(16,17)18/h3-5,11-12,14H,6-10H2,1-2H3. The van der Waals surface area contributed by atoms with Crippen molar-refractivity contribution in [2.45, 2.75) is 39.2 Å². The molecule has 0 spiro atoms. The summed E-state index contributed by atoms with van der Waals surface area (Å²) in [5, 5.41) is 0. The molecule has 1 aliphatic carbocycles. The van der Waals surface area contributed by atoms with E-state index in [-0.39, 0.29) is 5.92 Å². The number of halogens is 3. The molecule has 0 aromatic heterocycles. The van der Waals surface area contributed by atoms with Crippen molar-refractivity contribution < 1.29 is 17.9 Å². The SMILES string of the molecule is CC1CCN(CC2=CC=CC(OC(F)(F)F)C2C)CC1. The van der Waals surface area contributed by atoms with Gasteiger partial charge in [-0.3, -0.25) is 9.64 Å². The summed E-state index contributed by atoms with van der Waals surface area (Å²) in [4.78, 5) is 2.33. The van der Waals surface area contributed by atoms with Crippen LogP contribution in [-0.4, -0.2) is 37.0 Å². The van der Waals surface area contributed by atoms with E-state index in [2.05, 4.69) is 16.6 Å². The third-order valence-electron chi connectivity index (χ3n) is 4.24. The van der Waals surface area contributed by atoms with Crippen LogP contribution in [0.5, 0.6) is 0 Å². The molecule has 0 amide bonds. The minimum absolute atomic E-state index is 0.235. The first-order valence-electron chi connectivity index (χ1n) is 7.19. The lowest BCUT2D eigenvalue weighted by atomic mass is 9.89. The van der Waals surface area contributed by atoms with E-state index in [1.807, 2.05) is 6.08 Å². The summed E-state index contributed by atoms with van der Waals surface area (Å²) in [7, 11) is 0. The van der Waals surface area contributed by atoms with Crippen molar-refractivity contribution in [3.05, 3.63) is 23.8 Å². The highest BCUT2D eigenvalue weighted by molar-refractivity contribution is 5.25. The van der Waals surface area contributed by atoms with Crippen LogP contribution in [-0.2, 0) is 4.74 Å². The number of hydrogen-bond acceptors (Lipinski definition) is 2. The molecular weight excluding hydrogens is 267 g/mol. The van der Waals surface area contributed by atoms with Crippen molar-refractivity contribution in [2.75, 3.05) is 19.6 Å². The van der Waals surface area contributed by atoms with Gasteiger partial charge in [0.15, 0.2) is 0 Å². The molecule has 114 valence electrons. The summed E-state index contributed by atoms with van der Waals surface area (Å²) in [5.41, 5.74) is 1.02. The Morgan fingerprint density at radius 3 is 2.50 bits per heavy atom. The van der Waals surface area contributed by atoms with Crippen molar-refractivity contribution in [1.82, 2.24) is 4.90 Å². The Balaban J connectivity index is 1.92. The first-order chi connectivity index (χ1) is 9.35. The quantitative estimate of drug-likeness (QED) is 0.784. The van der Waals surface area contributed by atoms with Crippen molar-refractivity contribution in [1.29, 1.82) is 0 Å². The van der Waals surface area contributed by atoms with E-state index in [1.165, 1.54) is 18.9 Å². The molecule has 1 fully saturated rings. The Kier molecular flexibility index (Phi) is 4.91. The van der Waals surface area contributed by atoms with Gasteiger partial charge in [-0.2, -0.15) is 0 Å². The summed E-state index contributed by atoms with van der Waals surface area (Å²) in [6.45, 7) is 6.85. The number of allylic oxidation sites excluding steroid dienone is 2. The minimum Gasteiger partial charge on any atom is -0.299 e. The Morgan fingerprint density at radius 1 is 1.25 bits per heavy atom. The van der Waals surface area contributed by atoms with Gasteiger partial charge < -0.3 is 0 Å². The molecule has 0 N–H and O–H groups in total. The van der Waals surface area contributed by atoms with E-state index in [0.29, 0.717) is 0 Å². The van der Waals surface area contributed by atoms with E-state index in [0.717, 1.165) is 31.1 Å². The van der Waals surface area contributed by atoms with Gasteiger partial charge in [-0.25, -0.2) is 0 Å². The lowest BCUT2D eigenvalue weighted by molar-refractivity contribution is -0.340. The molecule has 5 heteroatoms. The molecule has 2 aliphatic rings. The van der Waals surface area contributed by atoms with Crippen molar-refractivity contribution in [3.8, 4) is 0 Å². The second-order valence-electron chi connectivity index (χ2n) is 5.90. The smallest absolute Gasteiger partial charge is 0.299 e. The van der Waals surface area contributed by atoms with Gasteiger partial charge in [0.05, 0.1) is 6.10 Å². The summed E-state index contributed by atoms with van der Waals surface area (Å²) >= 11 is 0. The lowest BCUT2D eigenvalue weighted by Crippen LogP contribution is -2.38. The molecule has 0 aromatic rings. The molecule has 0 radical (unpaired) electrons. The zero-order chi connectivity index (χ0) is 14.8. The Hall–Kier alpha value is -0.810. The van der Waals surface area contributed by atoms with Gasteiger partial charge in [0, 0.05) is 12.5 Å². The maximum Gasteiger partial charge on any atom is 0.523 e. The van der Waals surface area contributed by atoms with Crippen molar-refractivity contribution >= 4 is 0 Å². The molecule has 1 saturated heterocycles. The largest absolute Gasteiger partial charge is 0.523 e. The molecule has 2 unspecified atom stereocenters. The molecule has 1 aliphatic heterocycles. The summed E-state index contributed by atoms with van der Waals surface area (Å²) in [6.07, 6.45) is 1.95. The molecule has 2 rings (SSSR count). The lowest BCUT2D eigenvalue weighted by Gasteiger charge is -2.34. The molecule has 2 atom stereocenters. The van der Waals surface area contributed by atoms with Crippen molar-refractivity contribution in [3.63, 3.8) is 0 Å². The first kappa shape index (κ1) is 15.6. The van der Waals surface area contributed by atoms with E-state index < -0.39 is 12.5 Å². The third kappa shape index (κ3) is 4.35. The summed E-state index contributed by atoms with van der Waals surface area (Å²) < 4.78 is 41.2. The van der Waals surface area contributed by atoms with Crippen LogP contribution >= 0.6 is 0 Å². The van der Waals surface area contributed by atoms with Crippen molar-refractivity contribution in [2.24, 2.45) is 11.8 Å². The second kappa shape index (κ2) is 6.31. The number of nitrogens with zero attached hydrogens (tertiary/aromatic N) is 1. The minimum atomic E-state index is -4.58. The monoisotopic (exact) mass is 289 g/mol. The number of piperidine rings is 1. The molecule has 0 aromatic carbocycles. The second-order valence-corrected chi connectivity index (χ2v) is 5.90. The van der Waals surface area contributed by atoms with Gasteiger partial charge in [-0.15, -0.1) is 13.2 Å². The number of ether oxygens (including phenoxy) is 1. The topological polar surface area (TPSA) is 12.5 Å². The van der Waals surface area contributed by atoms with Gasteiger partial charge in [-0.1, -0.05) is 37.6 Å². The molecular formula is C15H22F3NO. The molecule has 20 heavy (non-hydrogen) atoms. The molecule has 0 bridgehead atoms. The van der Waals surface area contributed by atoms with Gasteiger partial charge in [0.1, 0.15) is 0 Å². The fourth-order valence-corrected chi connectivity index (χ4v) is 2.79. The van der Waals surface area contributed by atoms with E-state index in [4.69, 9.17) is 0 Å². The van der Waals surface area contributed by atoms with E-state index in [9.17, 15) is 13.2 Å². The predicted octanol–water partition coefficient (Wildman–Crippen LogP) is 3.76. The van der Waals surface area contributed by atoms with Crippen LogP contribution in [0.4, 0.5) is 13.2 Å². The third-order valence-corrected chi connectivity index (χ3v) is 4.24. The fourth-order valence-electron chi connectivity index (χ4n) is 2.79.